The fourth-order valence-electron chi connectivity index (χ4n) is 3.19. The van der Waals surface area contributed by atoms with Crippen molar-refractivity contribution in [2.75, 3.05) is 7.11 Å². The predicted molar refractivity (Wildman–Crippen MR) is 127 cm³/mol. The first kappa shape index (κ1) is 23.5. The summed E-state index contributed by atoms with van der Waals surface area (Å²) >= 11 is 0. The Labute approximate surface area is 193 Å². The number of methoxy groups -OCH3 is 1. The maximum absolute atomic E-state index is 9.13. The second-order valence-electron chi connectivity index (χ2n) is 7.35. The van der Waals surface area contributed by atoms with Crippen LogP contribution in [-0.2, 0) is 4.74 Å². The highest BCUT2D eigenvalue weighted by Crippen LogP contribution is 2.35. The van der Waals surface area contributed by atoms with Gasteiger partial charge in [0.2, 0.25) is 11.8 Å². The number of ether oxygens (including phenoxy) is 3. The molecule has 0 saturated carbocycles. The van der Waals surface area contributed by atoms with Crippen molar-refractivity contribution in [1.82, 2.24) is 9.97 Å². The number of allylic oxidation sites excluding steroid dienone is 6. The fraction of sp³-hybridized carbons (Fsp3) is 0.231. The van der Waals surface area contributed by atoms with Gasteiger partial charge in [-0.2, -0.15) is 10.2 Å². The molecule has 0 atom stereocenters. The van der Waals surface area contributed by atoms with Gasteiger partial charge in [0, 0.05) is 41.7 Å². The van der Waals surface area contributed by atoms with E-state index in [-0.39, 0.29) is 5.88 Å². The van der Waals surface area contributed by atoms with Crippen molar-refractivity contribution in [3.05, 3.63) is 82.6 Å². The molecule has 0 unspecified atom stereocenters. The van der Waals surface area contributed by atoms with E-state index in [4.69, 9.17) is 24.9 Å². The fourth-order valence-corrected chi connectivity index (χ4v) is 3.19. The van der Waals surface area contributed by atoms with E-state index in [1.54, 1.807) is 25.3 Å². The minimum atomic E-state index is 0.231. The van der Waals surface area contributed by atoms with Crippen LogP contribution >= 0.6 is 0 Å². The summed E-state index contributed by atoms with van der Waals surface area (Å²) in [5, 5.41) is 17.2. The van der Waals surface area contributed by atoms with E-state index >= 15 is 0 Å². The molecule has 7 nitrogen and oxygen atoms in total. The molecule has 1 aliphatic rings. The van der Waals surface area contributed by atoms with Gasteiger partial charge in [0.1, 0.15) is 23.3 Å². The van der Waals surface area contributed by atoms with E-state index in [2.05, 4.69) is 16.9 Å². The number of nitriles is 1. The Morgan fingerprint density at radius 2 is 2.03 bits per heavy atom. The Hall–Kier alpha value is -4.18. The molecular formula is C26H26N4O3. The van der Waals surface area contributed by atoms with Crippen LogP contribution in [0.4, 0.5) is 0 Å². The van der Waals surface area contributed by atoms with E-state index in [0.717, 1.165) is 23.1 Å². The van der Waals surface area contributed by atoms with Crippen LogP contribution in [0.3, 0.4) is 0 Å². The Bertz CT molecular complexity index is 1220. The molecule has 3 rings (SSSR count). The first-order chi connectivity index (χ1) is 16.0. The van der Waals surface area contributed by atoms with Crippen molar-refractivity contribution >= 4 is 11.8 Å². The monoisotopic (exact) mass is 442 g/mol. The molecule has 0 fully saturated rings. The molecule has 0 radical (unpaired) electrons. The molecule has 33 heavy (non-hydrogen) atoms. The van der Waals surface area contributed by atoms with Crippen LogP contribution in [0, 0.1) is 16.7 Å². The molecule has 2 heterocycles. The Kier molecular flexibility index (Phi) is 7.77. The third-order valence-corrected chi connectivity index (χ3v) is 5.23. The summed E-state index contributed by atoms with van der Waals surface area (Å²) in [6, 6.07) is 5.29. The Morgan fingerprint density at radius 3 is 2.73 bits per heavy atom. The second-order valence-corrected chi connectivity index (χ2v) is 7.35. The molecule has 0 amide bonds. The minimum Gasteiger partial charge on any atom is -0.497 e. The van der Waals surface area contributed by atoms with Crippen LogP contribution in [0.1, 0.15) is 50.3 Å². The van der Waals surface area contributed by atoms with Gasteiger partial charge in [-0.05, 0) is 44.4 Å². The molecule has 0 aromatic carbocycles. The normalized spacial score (nSPS) is 13.7. The molecule has 2 aromatic rings. The van der Waals surface area contributed by atoms with Crippen LogP contribution in [0.5, 0.6) is 17.5 Å². The Balaban J connectivity index is 2.12. The molecule has 7 heteroatoms. The summed E-state index contributed by atoms with van der Waals surface area (Å²) in [5.74, 6) is 2.16. The lowest BCUT2D eigenvalue weighted by Gasteiger charge is -2.17. The molecular weight excluding hydrogens is 416 g/mol. The third kappa shape index (κ3) is 5.74. The molecule has 1 aliphatic carbocycles. The van der Waals surface area contributed by atoms with E-state index in [1.165, 1.54) is 18.6 Å². The third-order valence-electron chi connectivity index (χ3n) is 5.23. The first-order valence-electron chi connectivity index (χ1n) is 10.5. The number of aromatic nitrogens is 2. The molecule has 1 N–H and O–H groups in total. The summed E-state index contributed by atoms with van der Waals surface area (Å²) in [6.07, 6.45) is 13.3. The lowest BCUT2D eigenvalue weighted by Crippen LogP contribution is -2.05. The number of nitrogens with zero attached hydrogens (tertiary/aromatic N) is 3. The maximum atomic E-state index is 9.13. The number of pyridine rings is 2. The van der Waals surface area contributed by atoms with Gasteiger partial charge in [-0.15, -0.1) is 0 Å². The van der Waals surface area contributed by atoms with Crippen LogP contribution < -0.4 is 9.47 Å². The van der Waals surface area contributed by atoms with E-state index in [1.807, 2.05) is 38.1 Å². The highest BCUT2D eigenvalue weighted by atomic mass is 16.5. The highest BCUT2D eigenvalue weighted by Gasteiger charge is 2.19. The van der Waals surface area contributed by atoms with Crippen molar-refractivity contribution in [3.63, 3.8) is 0 Å². The topological polar surface area (TPSA) is 101 Å². The highest BCUT2D eigenvalue weighted by molar-refractivity contribution is 5.89. The number of hydrogen-bond acceptors (Lipinski definition) is 7. The summed E-state index contributed by atoms with van der Waals surface area (Å²) in [7, 11) is 1.60. The van der Waals surface area contributed by atoms with Gasteiger partial charge < -0.3 is 19.6 Å². The number of rotatable bonds is 8. The minimum absolute atomic E-state index is 0.231. The lowest BCUT2D eigenvalue weighted by molar-refractivity contribution is 0.303. The van der Waals surface area contributed by atoms with Crippen LogP contribution in [0.15, 0.2) is 65.9 Å². The summed E-state index contributed by atoms with van der Waals surface area (Å²) in [4.78, 5) is 8.64. The van der Waals surface area contributed by atoms with Gasteiger partial charge in [0.05, 0.1) is 18.9 Å². The van der Waals surface area contributed by atoms with Crippen molar-refractivity contribution in [3.8, 4) is 23.6 Å². The average Bonchev–Trinajstić information content (AvgIpc) is 3.07. The van der Waals surface area contributed by atoms with E-state index < -0.39 is 0 Å². The first-order valence-corrected chi connectivity index (χ1v) is 10.5. The van der Waals surface area contributed by atoms with Crippen molar-refractivity contribution in [2.45, 2.75) is 33.6 Å². The summed E-state index contributed by atoms with van der Waals surface area (Å²) < 4.78 is 17.5. The van der Waals surface area contributed by atoms with Gasteiger partial charge >= 0.3 is 0 Å². The molecule has 0 aliphatic heterocycles. The second kappa shape index (κ2) is 10.9. The quantitative estimate of drug-likeness (QED) is 0.496. The zero-order valence-electron chi connectivity index (χ0n) is 19.2. The predicted octanol–water partition coefficient (Wildman–Crippen LogP) is 6.09. The van der Waals surface area contributed by atoms with Gasteiger partial charge in [-0.1, -0.05) is 18.6 Å². The molecule has 168 valence electrons. The SMILES string of the molecule is CCC(C)=C(C)c1c(C=N)cc(Oc2cncc(C#N)c2)nc1OC1=CCC=CC(OC)=C1. The van der Waals surface area contributed by atoms with Gasteiger partial charge in [-0.3, -0.25) is 4.98 Å². The van der Waals surface area contributed by atoms with Crippen molar-refractivity contribution in [1.29, 1.82) is 10.7 Å². The van der Waals surface area contributed by atoms with Crippen molar-refractivity contribution in [2.24, 2.45) is 0 Å². The zero-order valence-corrected chi connectivity index (χ0v) is 19.2. The molecule has 0 saturated heterocycles. The van der Waals surface area contributed by atoms with Gasteiger partial charge in [-0.25, -0.2) is 0 Å². The number of nitrogens with one attached hydrogen (secondary N) is 1. The summed E-state index contributed by atoms with van der Waals surface area (Å²) in [5.41, 5.74) is 3.85. The largest absolute Gasteiger partial charge is 0.497 e. The lowest BCUT2D eigenvalue weighted by atomic mass is 9.97. The van der Waals surface area contributed by atoms with E-state index in [9.17, 15) is 0 Å². The van der Waals surface area contributed by atoms with Crippen LogP contribution in [-0.4, -0.2) is 23.3 Å². The van der Waals surface area contributed by atoms with Gasteiger partial charge in [0.15, 0.2) is 0 Å². The Morgan fingerprint density at radius 1 is 1.21 bits per heavy atom. The summed E-state index contributed by atoms with van der Waals surface area (Å²) in [6.45, 7) is 6.13. The molecule has 0 bridgehead atoms. The zero-order chi connectivity index (χ0) is 23.8. The number of hydrogen-bond donors (Lipinski definition) is 1. The maximum Gasteiger partial charge on any atom is 0.230 e. The molecule has 2 aromatic heterocycles. The van der Waals surface area contributed by atoms with Crippen LogP contribution in [0.2, 0.25) is 0 Å². The van der Waals surface area contributed by atoms with E-state index in [0.29, 0.717) is 40.7 Å². The van der Waals surface area contributed by atoms with Crippen molar-refractivity contribution < 1.29 is 14.2 Å². The van der Waals surface area contributed by atoms with Gasteiger partial charge in [0.25, 0.3) is 0 Å². The average molecular weight is 443 g/mol. The smallest absolute Gasteiger partial charge is 0.230 e. The molecule has 0 spiro atoms. The van der Waals surface area contributed by atoms with Crippen LogP contribution in [0.25, 0.3) is 5.57 Å². The standard InChI is InChI=1S/C26H26N4O3/c1-5-17(2)18(3)25-20(14-28)11-24(32-23-10-19(13-27)15-29-16-23)30-26(25)33-22-9-7-6-8-21(12-22)31-4/h6,8-12,14-16,28H,5,7H2,1-4H3.